The fourth-order valence-corrected chi connectivity index (χ4v) is 5.60. The molecule has 0 heterocycles. The van der Waals surface area contributed by atoms with Gasteiger partial charge in [-0.1, -0.05) is 78.5 Å². The molecule has 1 aliphatic carbocycles. The topological polar surface area (TPSA) is 58.6 Å². The van der Waals surface area contributed by atoms with Gasteiger partial charge in [0.1, 0.15) is 11.8 Å². The lowest BCUT2D eigenvalue weighted by molar-refractivity contribution is -0.143. The molecule has 0 aliphatic heterocycles. The minimum absolute atomic E-state index is 0.126. The Morgan fingerprint density at radius 2 is 1.72 bits per heavy atom. The highest BCUT2D eigenvalue weighted by atomic mass is 35.5. The van der Waals surface area contributed by atoms with Gasteiger partial charge < -0.3 is 15.0 Å². The number of nitrogens with zero attached hydrogens (tertiary/aromatic N) is 1. The lowest BCUT2D eigenvalue weighted by Crippen LogP contribution is -2.53. The molecule has 0 spiro atoms. The van der Waals surface area contributed by atoms with Gasteiger partial charge in [-0.25, -0.2) is 0 Å². The third-order valence-corrected chi connectivity index (χ3v) is 8.03. The molecule has 5 nitrogen and oxygen atoms in total. The number of halogens is 2. The monoisotopic (exact) mass is 566 g/mol. The molecule has 1 fully saturated rings. The van der Waals surface area contributed by atoms with Crippen LogP contribution < -0.4 is 10.1 Å². The van der Waals surface area contributed by atoms with Gasteiger partial charge in [-0.3, -0.25) is 9.59 Å². The zero-order valence-corrected chi connectivity index (χ0v) is 24.3. The number of hydrogen-bond acceptors (Lipinski definition) is 3. The fourth-order valence-electron chi connectivity index (χ4n) is 5.13. The van der Waals surface area contributed by atoms with Crippen LogP contribution in [0.4, 0.5) is 0 Å². The molecule has 0 radical (unpaired) electrons. The fraction of sp³-hybridized carbons (Fsp3) is 0.375. The first-order valence-electron chi connectivity index (χ1n) is 13.5. The van der Waals surface area contributed by atoms with Crippen molar-refractivity contribution in [2.24, 2.45) is 0 Å². The maximum Gasteiger partial charge on any atom is 0.261 e. The molecule has 7 heteroatoms. The van der Waals surface area contributed by atoms with E-state index in [0.29, 0.717) is 27.8 Å². The summed E-state index contributed by atoms with van der Waals surface area (Å²) in [6.07, 6.45) is 4.48. The molecule has 1 aliphatic rings. The summed E-state index contributed by atoms with van der Waals surface area (Å²) in [7, 11) is 0. The lowest BCUT2D eigenvalue weighted by Gasteiger charge is -2.32. The molecule has 0 aromatic heterocycles. The van der Waals surface area contributed by atoms with E-state index in [9.17, 15) is 9.59 Å². The SMILES string of the molecule is Cc1cc(C)c(C)c(OCC(=O)N(Cc2ccc(Cl)cc2Cl)[C@H](Cc2ccccc2)C(=O)NC2CCCC2)c1. The molecule has 3 aromatic carbocycles. The van der Waals surface area contributed by atoms with E-state index in [0.717, 1.165) is 47.9 Å². The number of rotatable bonds is 10. The predicted octanol–water partition coefficient (Wildman–Crippen LogP) is 7.00. The van der Waals surface area contributed by atoms with Crippen molar-refractivity contribution in [3.63, 3.8) is 0 Å². The molecular formula is C32H36Cl2N2O3. The van der Waals surface area contributed by atoms with Gasteiger partial charge in [0.15, 0.2) is 6.61 Å². The number of aryl methyl sites for hydroxylation is 2. The summed E-state index contributed by atoms with van der Waals surface area (Å²) >= 11 is 12.7. The molecule has 3 aromatic rings. The first-order valence-corrected chi connectivity index (χ1v) is 14.2. The maximum atomic E-state index is 13.9. The number of hydrogen-bond donors (Lipinski definition) is 1. The Kier molecular flexibility index (Phi) is 9.93. The van der Waals surface area contributed by atoms with E-state index in [-0.39, 0.29) is 31.0 Å². The van der Waals surface area contributed by atoms with Crippen LogP contribution in [0.5, 0.6) is 5.75 Å². The van der Waals surface area contributed by atoms with Gasteiger partial charge in [0.05, 0.1) is 0 Å². The van der Waals surface area contributed by atoms with Gasteiger partial charge in [0, 0.05) is 29.1 Å². The van der Waals surface area contributed by atoms with Gasteiger partial charge in [-0.05, 0) is 79.6 Å². The van der Waals surface area contributed by atoms with Gasteiger partial charge in [-0.2, -0.15) is 0 Å². The van der Waals surface area contributed by atoms with E-state index in [2.05, 4.69) is 11.4 Å². The van der Waals surface area contributed by atoms with Crippen LogP contribution in [0, 0.1) is 20.8 Å². The summed E-state index contributed by atoms with van der Waals surface area (Å²) < 4.78 is 6.06. The Morgan fingerprint density at radius 1 is 1.00 bits per heavy atom. The van der Waals surface area contributed by atoms with Gasteiger partial charge >= 0.3 is 0 Å². The van der Waals surface area contributed by atoms with E-state index in [1.54, 1.807) is 23.1 Å². The van der Waals surface area contributed by atoms with E-state index < -0.39 is 6.04 Å². The molecular weight excluding hydrogens is 531 g/mol. The summed E-state index contributed by atoms with van der Waals surface area (Å²) in [5.41, 5.74) is 4.82. The lowest BCUT2D eigenvalue weighted by atomic mass is 10.0. The highest BCUT2D eigenvalue weighted by Crippen LogP contribution is 2.26. The summed E-state index contributed by atoms with van der Waals surface area (Å²) in [4.78, 5) is 29.3. The molecule has 206 valence electrons. The molecule has 2 amide bonds. The molecule has 0 bridgehead atoms. The van der Waals surface area contributed by atoms with Crippen LogP contribution in [-0.4, -0.2) is 35.4 Å². The number of nitrogens with one attached hydrogen (secondary N) is 1. The smallest absolute Gasteiger partial charge is 0.261 e. The quantitative estimate of drug-likeness (QED) is 0.287. The van der Waals surface area contributed by atoms with Crippen LogP contribution in [0.2, 0.25) is 10.0 Å². The highest BCUT2D eigenvalue weighted by Gasteiger charge is 2.33. The van der Waals surface area contributed by atoms with Crippen LogP contribution in [0.1, 0.15) is 53.5 Å². The number of carbonyl (C=O) groups excluding carboxylic acids is 2. The van der Waals surface area contributed by atoms with E-state index in [4.69, 9.17) is 27.9 Å². The molecule has 4 rings (SSSR count). The van der Waals surface area contributed by atoms with Crippen LogP contribution in [0.15, 0.2) is 60.7 Å². The molecule has 39 heavy (non-hydrogen) atoms. The Balaban J connectivity index is 1.66. The number of ether oxygens (including phenoxy) is 1. The first-order chi connectivity index (χ1) is 18.7. The average Bonchev–Trinajstić information content (AvgIpc) is 3.42. The third-order valence-electron chi connectivity index (χ3n) is 7.44. The minimum atomic E-state index is -0.740. The summed E-state index contributed by atoms with van der Waals surface area (Å²) in [5, 5.41) is 4.17. The van der Waals surface area contributed by atoms with Gasteiger partial charge in [-0.15, -0.1) is 0 Å². The Labute approximate surface area is 241 Å². The Morgan fingerprint density at radius 3 is 2.41 bits per heavy atom. The largest absolute Gasteiger partial charge is 0.483 e. The van der Waals surface area contributed by atoms with Crippen molar-refractivity contribution in [3.8, 4) is 5.75 Å². The first kappa shape index (κ1) is 29.0. The van der Waals surface area contributed by atoms with Crippen LogP contribution in [0.3, 0.4) is 0 Å². The standard InChI is InChI=1S/C32H36Cl2N2O3/c1-21-15-22(2)23(3)30(16-21)39-20-31(37)36(19-25-13-14-26(33)18-28(25)34)29(17-24-9-5-4-6-10-24)32(38)35-27-11-7-8-12-27/h4-6,9-10,13-16,18,27,29H,7-8,11-12,17,19-20H2,1-3H3,(H,35,38)/t29-/m1/s1. The molecule has 1 N–H and O–H groups in total. The van der Waals surface area contributed by atoms with Crippen LogP contribution in [-0.2, 0) is 22.6 Å². The van der Waals surface area contributed by atoms with E-state index in [1.807, 2.05) is 57.2 Å². The van der Waals surface area contributed by atoms with Crippen molar-refractivity contribution in [3.05, 3.63) is 98.5 Å². The van der Waals surface area contributed by atoms with Gasteiger partial charge in [0.2, 0.25) is 5.91 Å². The summed E-state index contributed by atoms with van der Waals surface area (Å²) in [6.45, 7) is 5.96. The van der Waals surface area contributed by atoms with Crippen molar-refractivity contribution < 1.29 is 14.3 Å². The van der Waals surface area contributed by atoms with Gasteiger partial charge in [0.25, 0.3) is 5.91 Å². The minimum Gasteiger partial charge on any atom is -0.483 e. The number of amides is 2. The second kappa shape index (κ2) is 13.4. The maximum absolute atomic E-state index is 13.9. The van der Waals surface area contributed by atoms with E-state index in [1.165, 1.54) is 0 Å². The molecule has 0 saturated heterocycles. The number of benzene rings is 3. The van der Waals surface area contributed by atoms with Crippen molar-refractivity contribution in [2.45, 2.75) is 71.5 Å². The average molecular weight is 568 g/mol. The second-order valence-corrected chi connectivity index (χ2v) is 11.3. The van der Waals surface area contributed by atoms with Crippen molar-refractivity contribution >= 4 is 35.0 Å². The van der Waals surface area contributed by atoms with Crippen molar-refractivity contribution in [1.29, 1.82) is 0 Å². The number of carbonyl (C=O) groups is 2. The molecule has 1 saturated carbocycles. The molecule has 1 atom stereocenters. The zero-order chi connectivity index (χ0) is 27.9. The highest BCUT2D eigenvalue weighted by molar-refractivity contribution is 6.35. The van der Waals surface area contributed by atoms with Crippen LogP contribution in [0.25, 0.3) is 0 Å². The molecule has 0 unspecified atom stereocenters. The second-order valence-electron chi connectivity index (χ2n) is 10.4. The Hall–Kier alpha value is -3.02. The van der Waals surface area contributed by atoms with Crippen LogP contribution >= 0.6 is 23.2 Å². The zero-order valence-electron chi connectivity index (χ0n) is 22.8. The van der Waals surface area contributed by atoms with E-state index >= 15 is 0 Å². The summed E-state index contributed by atoms with van der Waals surface area (Å²) in [6, 6.07) is 18.4. The Bertz CT molecular complexity index is 1310. The third kappa shape index (κ3) is 7.77. The van der Waals surface area contributed by atoms with Crippen molar-refractivity contribution in [2.75, 3.05) is 6.61 Å². The normalized spacial score (nSPS) is 14.2. The van der Waals surface area contributed by atoms with Crippen molar-refractivity contribution in [1.82, 2.24) is 10.2 Å². The predicted molar refractivity (Wildman–Crippen MR) is 157 cm³/mol. The summed E-state index contributed by atoms with van der Waals surface area (Å²) in [5.74, 6) is 0.217.